The molecule has 3 aromatic rings. The van der Waals surface area contributed by atoms with Gasteiger partial charge in [0.1, 0.15) is 11.6 Å². The number of carbonyl (C=O) groups excluding carboxylic acids is 3. The first-order valence-corrected chi connectivity index (χ1v) is 11.1. The maximum atomic E-state index is 13.8. The Morgan fingerprint density at radius 3 is 2.20 bits per heavy atom. The molecule has 35 heavy (non-hydrogen) atoms. The predicted molar refractivity (Wildman–Crippen MR) is 129 cm³/mol. The van der Waals surface area contributed by atoms with Crippen LogP contribution in [-0.4, -0.2) is 28.9 Å². The van der Waals surface area contributed by atoms with E-state index in [0.717, 1.165) is 0 Å². The first kappa shape index (κ1) is 23.9. The number of esters is 1. The third kappa shape index (κ3) is 4.57. The minimum atomic E-state index is -0.921. The van der Waals surface area contributed by atoms with Gasteiger partial charge in [-0.3, -0.25) is 14.5 Å². The molecule has 1 heterocycles. The van der Waals surface area contributed by atoms with Gasteiger partial charge in [-0.1, -0.05) is 30.3 Å². The van der Waals surface area contributed by atoms with Gasteiger partial charge in [0.05, 0.1) is 23.3 Å². The lowest BCUT2D eigenvalue weighted by molar-refractivity contribution is -0.132. The summed E-state index contributed by atoms with van der Waals surface area (Å²) >= 11 is 0. The molecule has 1 N–H and O–H groups in total. The lowest BCUT2D eigenvalue weighted by atomic mass is 9.94. The number of rotatable bonds is 5. The van der Waals surface area contributed by atoms with Gasteiger partial charge in [-0.15, -0.1) is 0 Å². The van der Waals surface area contributed by atoms with E-state index >= 15 is 0 Å². The van der Waals surface area contributed by atoms with Crippen LogP contribution in [0.5, 0.6) is 0 Å². The fourth-order valence-corrected chi connectivity index (χ4v) is 4.04. The monoisotopic (exact) mass is 473 g/mol. The zero-order chi connectivity index (χ0) is 25.3. The molecule has 1 amide bonds. The molecule has 1 saturated heterocycles. The zero-order valence-electron chi connectivity index (χ0n) is 19.5. The Hall–Kier alpha value is -4.26. The van der Waals surface area contributed by atoms with Gasteiger partial charge in [0, 0.05) is 11.3 Å². The van der Waals surface area contributed by atoms with Gasteiger partial charge in [-0.2, -0.15) is 0 Å². The van der Waals surface area contributed by atoms with Gasteiger partial charge >= 0.3 is 5.97 Å². The lowest BCUT2D eigenvalue weighted by Crippen LogP contribution is -2.29. The van der Waals surface area contributed by atoms with Gasteiger partial charge in [0.25, 0.3) is 11.7 Å². The number of halogens is 1. The molecule has 7 heteroatoms. The molecule has 178 valence electrons. The molecule has 0 saturated carbocycles. The average Bonchev–Trinajstić information content (AvgIpc) is 3.11. The van der Waals surface area contributed by atoms with E-state index in [1.165, 1.54) is 35.2 Å². The summed E-state index contributed by atoms with van der Waals surface area (Å²) in [6, 6.07) is 18.1. The molecule has 0 spiro atoms. The van der Waals surface area contributed by atoms with Gasteiger partial charge < -0.3 is 9.84 Å². The number of hydrogen-bond donors (Lipinski definition) is 1. The molecular formula is C28H24FNO5. The Balaban J connectivity index is 1.83. The van der Waals surface area contributed by atoms with Crippen LogP contribution in [0.1, 0.15) is 46.9 Å². The van der Waals surface area contributed by atoms with Gasteiger partial charge in [-0.25, -0.2) is 9.18 Å². The molecule has 1 atom stereocenters. The van der Waals surface area contributed by atoms with Crippen LogP contribution in [0.2, 0.25) is 0 Å². The van der Waals surface area contributed by atoms with Crippen LogP contribution in [0.25, 0.3) is 5.76 Å². The van der Waals surface area contributed by atoms with Crippen LogP contribution < -0.4 is 4.90 Å². The molecule has 1 aliphatic heterocycles. The highest BCUT2D eigenvalue weighted by Crippen LogP contribution is 2.42. The third-order valence-corrected chi connectivity index (χ3v) is 5.72. The molecule has 6 nitrogen and oxygen atoms in total. The average molecular weight is 474 g/mol. The number of aliphatic hydroxyl groups is 1. The van der Waals surface area contributed by atoms with E-state index in [1.54, 1.807) is 63.2 Å². The van der Waals surface area contributed by atoms with Gasteiger partial charge in [-0.05, 0) is 74.4 Å². The van der Waals surface area contributed by atoms with Gasteiger partial charge in [0.2, 0.25) is 0 Å². The van der Waals surface area contributed by atoms with Crippen molar-refractivity contribution in [3.05, 3.63) is 106 Å². The number of aryl methyl sites for hydroxylation is 1. The smallest absolute Gasteiger partial charge is 0.338 e. The van der Waals surface area contributed by atoms with E-state index in [9.17, 15) is 23.9 Å². The summed E-state index contributed by atoms with van der Waals surface area (Å²) in [5.74, 6) is -3.02. The summed E-state index contributed by atoms with van der Waals surface area (Å²) in [7, 11) is 0. The first-order chi connectivity index (χ1) is 16.7. The molecule has 1 unspecified atom stereocenters. The standard InChI is InChI=1S/C28H24FNO5/c1-16(2)35-28(34)19-9-12-21(13-10-19)30-24(18-7-5-4-6-8-18)23(26(32)27(30)33)25(31)20-11-14-22(29)17(3)15-20/h4-16,24,31H,1-3H3/b25-23-. The SMILES string of the molecule is Cc1cc(/C(O)=C2/C(=O)C(=O)N(c3ccc(C(=O)OC(C)C)cc3)C2c2ccccc2)ccc1F. The van der Waals surface area contributed by atoms with Crippen LogP contribution in [0, 0.1) is 12.7 Å². The number of anilines is 1. The maximum absolute atomic E-state index is 13.8. The Bertz CT molecular complexity index is 1330. The second kappa shape index (κ2) is 9.54. The van der Waals surface area contributed by atoms with E-state index in [2.05, 4.69) is 0 Å². The predicted octanol–water partition coefficient (Wildman–Crippen LogP) is 5.33. The Labute approximate surface area is 202 Å². The Kier molecular flexibility index (Phi) is 6.51. The molecule has 3 aromatic carbocycles. The number of ketones is 1. The van der Waals surface area contributed by atoms with Crippen LogP contribution >= 0.6 is 0 Å². The number of hydrogen-bond acceptors (Lipinski definition) is 5. The number of aliphatic hydroxyl groups excluding tert-OH is 1. The summed E-state index contributed by atoms with van der Waals surface area (Å²) < 4.78 is 19.0. The van der Waals surface area contributed by atoms with Crippen molar-refractivity contribution in [1.82, 2.24) is 0 Å². The van der Waals surface area contributed by atoms with Crippen molar-refractivity contribution in [3.8, 4) is 0 Å². The molecule has 0 aromatic heterocycles. The highest BCUT2D eigenvalue weighted by molar-refractivity contribution is 6.51. The highest BCUT2D eigenvalue weighted by Gasteiger charge is 2.47. The minimum absolute atomic E-state index is 0.101. The Morgan fingerprint density at radius 2 is 1.60 bits per heavy atom. The van der Waals surface area contributed by atoms with Crippen molar-refractivity contribution in [2.45, 2.75) is 32.9 Å². The molecule has 1 fully saturated rings. The zero-order valence-corrected chi connectivity index (χ0v) is 19.5. The molecule has 4 rings (SSSR count). The largest absolute Gasteiger partial charge is 0.507 e. The number of carbonyl (C=O) groups is 3. The second-order valence-corrected chi connectivity index (χ2v) is 8.54. The van der Waals surface area contributed by atoms with Crippen molar-refractivity contribution in [2.24, 2.45) is 0 Å². The summed E-state index contributed by atoms with van der Waals surface area (Å²) in [6.45, 7) is 5.04. The topological polar surface area (TPSA) is 83.9 Å². The van der Waals surface area contributed by atoms with Crippen LogP contribution in [0.3, 0.4) is 0 Å². The number of ether oxygens (including phenoxy) is 1. The fourth-order valence-electron chi connectivity index (χ4n) is 4.04. The van der Waals surface area contributed by atoms with Crippen molar-refractivity contribution in [3.63, 3.8) is 0 Å². The lowest BCUT2D eigenvalue weighted by Gasteiger charge is -2.25. The first-order valence-electron chi connectivity index (χ1n) is 11.1. The number of Topliss-reactive ketones (excluding diaryl/α,β-unsaturated/α-hetero) is 1. The van der Waals surface area contributed by atoms with E-state index < -0.39 is 29.5 Å². The van der Waals surface area contributed by atoms with Crippen molar-refractivity contribution < 1.29 is 28.6 Å². The van der Waals surface area contributed by atoms with Crippen molar-refractivity contribution >= 4 is 29.1 Å². The van der Waals surface area contributed by atoms with E-state index in [4.69, 9.17) is 4.74 Å². The number of nitrogens with zero attached hydrogens (tertiary/aromatic N) is 1. The van der Waals surface area contributed by atoms with E-state index in [0.29, 0.717) is 22.4 Å². The summed E-state index contributed by atoms with van der Waals surface area (Å²) in [6.07, 6.45) is -0.284. The normalized spacial score (nSPS) is 17.2. The summed E-state index contributed by atoms with van der Waals surface area (Å²) in [4.78, 5) is 39.9. The highest BCUT2D eigenvalue weighted by atomic mass is 19.1. The van der Waals surface area contributed by atoms with E-state index in [-0.39, 0.29) is 23.0 Å². The summed E-state index contributed by atoms with van der Waals surface area (Å²) in [5, 5.41) is 11.1. The molecular weight excluding hydrogens is 449 g/mol. The van der Waals surface area contributed by atoms with Crippen molar-refractivity contribution in [2.75, 3.05) is 4.90 Å². The van der Waals surface area contributed by atoms with Crippen molar-refractivity contribution in [1.29, 1.82) is 0 Å². The van der Waals surface area contributed by atoms with Crippen LogP contribution in [0.15, 0.2) is 78.4 Å². The Morgan fingerprint density at radius 1 is 0.971 bits per heavy atom. The van der Waals surface area contributed by atoms with Gasteiger partial charge in [0.15, 0.2) is 0 Å². The van der Waals surface area contributed by atoms with Crippen LogP contribution in [-0.2, 0) is 14.3 Å². The third-order valence-electron chi connectivity index (χ3n) is 5.72. The molecule has 1 aliphatic rings. The summed E-state index contributed by atoms with van der Waals surface area (Å²) in [5.41, 5.74) is 1.71. The fraction of sp³-hybridized carbons (Fsp3) is 0.179. The van der Waals surface area contributed by atoms with E-state index in [1.807, 2.05) is 0 Å². The maximum Gasteiger partial charge on any atom is 0.338 e. The quantitative estimate of drug-likeness (QED) is 0.235. The number of benzene rings is 3. The van der Waals surface area contributed by atoms with Crippen LogP contribution in [0.4, 0.5) is 10.1 Å². The minimum Gasteiger partial charge on any atom is -0.507 e. The molecule has 0 bridgehead atoms. The number of amides is 1. The molecule has 0 aliphatic carbocycles. The second-order valence-electron chi connectivity index (χ2n) is 8.54. The molecule has 0 radical (unpaired) electrons.